The molecule has 0 amide bonds. The van der Waals surface area contributed by atoms with Gasteiger partial charge in [-0.3, -0.25) is 0 Å². The minimum Gasteiger partial charge on any atom is -0.496 e. The predicted molar refractivity (Wildman–Crippen MR) is 83.4 cm³/mol. The maximum absolute atomic E-state index is 5.90. The third-order valence-corrected chi connectivity index (χ3v) is 3.04. The van der Waals surface area contributed by atoms with Crippen molar-refractivity contribution in [3.05, 3.63) is 48.0 Å². The molecule has 1 N–H and O–H groups in total. The van der Waals surface area contributed by atoms with Crippen LogP contribution in [0.3, 0.4) is 0 Å². The van der Waals surface area contributed by atoms with E-state index in [1.807, 2.05) is 36.4 Å². The molecule has 0 bridgehead atoms. The summed E-state index contributed by atoms with van der Waals surface area (Å²) in [6.45, 7) is 3.86. The molecule has 0 spiro atoms. The number of methoxy groups -OCH3 is 2. The molecule has 2 rings (SSSR count). The van der Waals surface area contributed by atoms with Gasteiger partial charge in [-0.25, -0.2) is 0 Å². The van der Waals surface area contributed by atoms with Crippen molar-refractivity contribution in [1.29, 1.82) is 0 Å². The van der Waals surface area contributed by atoms with E-state index >= 15 is 0 Å². The van der Waals surface area contributed by atoms with Crippen LogP contribution in [0, 0.1) is 0 Å². The van der Waals surface area contributed by atoms with Crippen molar-refractivity contribution in [3.8, 4) is 23.0 Å². The summed E-state index contributed by atoms with van der Waals surface area (Å²) in [6.07, 6.45) is 0. The van der Waals surface area contributed by atoms with E-state index in [-0.39, 0.29) is 0 Å². The Kier molecular flexibility index (Phi) is 5.46. The van der Waals surface area contributed by atoms with Crippen LogP contribution in [-0.4, -0.2) is 20.8 Å². The van der Waals surface area contributed by atoms with E-state index in [0.717, 1.165) is 18.8 Å². The van der Waals surface area contributed by atoms with Crippen molar-refractivity contribution in [3.63, 3.8) is 0 Å². The predicted octanol–water partition coefficient (Wildman–Crippen LogP) is 3.61. The summed E-state index contributed by atoms with van der Waals surface area (Å²) in [5, 5.41) is 3.30. The zero-order valence-electron chi connectivity index (χ0n) is 12.7. The summed E-state index contributed by atoms with van der Waals surface area (Å²) in [7, 11) is 3.24. The summed E-state index contributed by atoms with van der Waals surface area (Å²) in [4.78, 5) is 0. The number of rotatable bonds is 7. The molecule has 0 saturated heterocycles. The van der Waals surface area contributed by atoms with E-state index in [4.69, 9.17) is 14.2 Å². The Morgan fingerprint density at radius 2 is 1.52 bits per heavy atom. The third-order valence-electron chi connectivity index (χ3n) is 3.04. The quantitative estimate of drug-likeness (QED) is 0.844. The molecule has 2 aromatic rings. The van der Waals surface area contributed by atoms with Crippen molar-refractivity contribution in [1.82, 2.24) is 5.32 Å². The molecule has 0 atom stereocenters. The highest BCUT2D eigenvalue weighted by Gasteiger charge is 2.05. The molecule has 112 valence electrons. The Labute approximate surface area is 125 Å². The van der Waals surface area contributed by atoms with Gasteiger partial charge < -0.3 is 19.5 Å². The van der Waals surface area contributed by atoms with Crippen LogP contribution in [0.4, 0.5) is 0 Å². The molecule has 4 heteroatoms. The monoisotopic (exact) mass is 287 g/mol. The van der Waals surface area contributed by atoms with E-state index in [1.165, 1.54) is 5.56 Å². The first-order valence-electron chi connectivity index (χ1n) is 6.95. The SMILES string of the molecule is CCNCc1cccc(Oc2cc(OC)cc(OC)c2)c1. The summed E-state index contributed by atoms with van der Waals surface area (Å²) in [5.74, 6) is 2.88. The van der Waals surface area contributed by atoms with Gasteiger partial charge in [-0.1, -0.05) is 19.1 Å². The zero-order chi connectivity index (χ0) is 15.1. The molecule has 4 nitrogen and oxygen atoms in total. The number of hydrogen-bond donors (Lipinski definition) is 1. The number of ether oxygens (including phenoxy) is 3. The molecule has 0 radical (unpaired) electrons. The smallest absolute Gasteiger partial charge is 0.134 e. The first kappa shape index (κ1) is 15.2. The molecule has 0 aliphatic carbocycles. The Balaban J connectivity index is 2.17. The fraction of sp³-hybridized carbons (Fsp3) is 0.294. The largest absolute Gasteiger partial charge is 0.496 e. The summed E-state index contributed by atoms with van der Waals surface area (Å²) in [6, 6.07) is 13.5. The lowest BCUT2D eigenvalue weighted by Crippen LogP contribution is -2.11. The summed E-state index contributed by atoms with van der Waals surface area (Å²) in [5.41, 5.74) is 1.18. The normalized spacial score (nSPS) is 10.2. The van der Waals surface area contributed by atoms with Gasteiger partial charge in [0.1, 0.15) is 23.0 Å². The van der Waals surface area contributed by atoms with Gasteiger partial charge in [0.15, 0.2) is 0 Å². The lowest BCUT2D eigenvalue weighted by Gasteiger charge is -2.11. The van der Waals surface area contributed by atoms with Crippen molar-refractivity contribution in [2.24, 2.45) is 0 Å². The molecule has 0 aliphatic heterocycles. The number of benzene rings is 2. The van der Waals surface area contributed by atoms with E-state index in [1.54, 1.807) is 14.2 Å². The molecule has 21 heavy (non-hydrogen) atoms. The fourth-order valence-corrected chi connectivity index (χ4v) is 1.96. The van der Waals surface area contributed by atoms with Crippen LogP contribution < -0.4 is 19.5 Å². The van der Waals surface area contributed by atoms with Crippen LogP contribution in [0.25, 0.3) is 0 Å². The Bertz CT molecular complexity index is 562. The fourth-order valence-electron chi connectivity index (χ4n) is 1.96. The third kappa shape index (κ3) is 4.39. The maximum atomic E-state index is 5.90. The molecule has 0 fully saturated rings. The Hall–Kier alpha value is -2.20. The van der Waals surface area contributed by atoms with Crippen LogP contribution in [0.1, 0.15) is 12.5 Å². The van der Waals surface area contributed by atoms with E-state index in [2.05, 4.69) is 18.3 Å². The second-order valence-corrected chi connectivity index (χ2v) is 4.58. The first-order valence-corrected chi connectivity index (χ1v) is 6.95. The minimum atomic E-state index is 0.687. The highest BCUT2D eigenvalue weighted by atomic mass is 16.5. The average Bonchev–Trinajstić information content (AvgIpc) is 2.52. The van der Waals surface area contributed by atoms with Gasteiger partial charge in [-0.05, 0) is 24.2 Å². The van der Waals surface area contributed by atoms with E-state index < -0.39 is 0 Å². The van der Waals surface area contributed by atoms with Crippen molar-refractivity contribution >= 4 is 0 Å². The van der Waals surface area contributed by atoms with Crippen LogP contribution in [0.5, 0.6) is 23.0 Å². The van der Waals surface area contributed by atoms with E-state index in [9.17, 15) is 0 Å². The van der Waals surface area contributed by atoms with Gasteiger partial charge >= 0.3 is 0 Å². The highest BCUT2D eigenvalue weighted by Crippen LogP contribution is 2.31. The molecular formula is C17H21NO3. The molecule has 0 heterocycles. The molecule has 0 aliphatic rings. The Morgan fingerprint density at radius 1 is 0.857 bits per heavy atom. The minimum absolute atomic E-state index is 0.687. The molecule has 0 aromatic heterocycles. The average molecular weight is 287 g/mol. The first-order chi connectivity index (χ1) is 10.2. The standard InChI is InChI=1S/C17H21NO3/c1-4-18-12-13-6-5-7-14(8-13)21-17-10-15(19-2)9-16(11-17)20-3/h5-11,18H,4,12H2,1-3H3. The topological polar surface area (TPSA) is 39.7 Å². The van der Waals surface area contributed by atoms with Gasteiger partial charge in [0.25, 0.3) is 0 Å². The lowest BCUT2D eigenvalue weighted by molar-refractivity contribution is 0.386. The lowest BCUT2D eigenvalue weighted by atomic mass is 10.2. The molecular weight excluding hydrogens is 266 g/mol. The summed E-state index contributed by atoms with van der Waals surface area (Å²) < 4.78 is 16.4. The highest BCUT2D eigenvalue weighted by molar-refractivity contribution is 5.44. The zero-order valence-corrected chi connectivity index (χ0v) is 12.7. The van der Waals surface area contributed by atoms with Gasteiger partial charge in [-0.15, -0.1) is 0 Å². The van der Waals surface area contributed by atoms with Crippen LogP contribution >= 0.6 is 0 Å². The van der Waals surface area contributed by atoms with Gasteiger partial charge in [0.2, 0.25) is 0 Å². The second-order valence-electron chi connectivity index (χ2n) is 4.58. The van der Waals surface area contributed by atoms with Crippen molar-refractivity contribution < 1.29 is 14.2 Å². The molecule has 2 aromatic carbocycles. The van der Waals surface area contributed by atoms with Gasteiger partial charge in [-0.2, -0.15) is 0 Å². The second kappa shape index (κ2) is 7.55. The number of nitrogens with one attached hydrogen (secondary N) is 1. The van der Waals surface area contributed by atoms with Crippen molar-refractivity contribution in [2.45, 2.75) is 13.5 Å². The maximum Gasteiger partial charge on any atom is 0.134 e. The Morgan fingerprint density at radius 3 is 2.14 bits per heavy atom. The van der Waals surface area contributed by atoms with Crippen LogP contribution in [0.15, 0.2) is 42.5 Å². The van der Waals surface area contributed by atoms with Crippen molar-refractivity contribution in [2.75, 3.05) is 20.8 Å². The summed E-state index contributed by atoms with van der Waals surface area (Å²) >= 11 is 0. The van der Waals surface area contributed by atoms with E-state index in [0.29, 0.717) is 17.2 Å². The number of hydrogen-bond acceptors (Lipinski definition) is 4. The molecule has 0 saturated carbocycles. The van der Waals surface area contributed by atoms with Crippen LogP contribution in [0.2, 0.25) is 0 Å². The van der Waals surface area contributed by atoms with Gasteiger partial charge in [0.05, 0.1) is 14.2 Å². The van der Waals surface area contributed by atoms with Crippen LogP contribution in [-0.2, 0) is 6.54 Å². The molecule has 0 unspecified atom stereocenters. The van der Waals surface area contributed by atoms with Gasteiger partial charge in [0, 0.05) is 24.7 Å².